The molecule has 19 heavy (non-hydrogen) atoms. The minimum atomic E-state index is 0.239. The maximum absolute atomic E-state index is 9.99. The van der Waals surface area contributed by atoms with Crippen LogP contribution in [0.3, 0.4) is 0 Å². The molecule has 0 amide bonds. The van der Waals surface area contributed by atoms with E-state index in [0.29, 0.717) is 23.6 Å². The SMILES string of the molecule is CSC1CCCC1NCc1cc2c(cc1O)OCO2. The summed E-state index contributed by atoms with van der Waals surface area (Å²) in [5.74, 6) is 1.63. The highest BCUT2D eigenvalue weighted by Crippen LogP contribution is 2.38. The smallest absolute Gasteiger partial charge is 0.231 e. The number of nitrogens with one attached hydrogen (secondary N) is 1. The van der Waals surface area contributed by atoms with Gasteiger partial charge in [0.15, 0.2) is 11.5 Å². The van der Waals surface area contributed by atoms with E-state index in [2.05, 4.69) is 11.6 Å². The van der Waals surface area contributed by atoms with E-state index in [0.717, 1.165) is 11.3 Å². The Kier molecular flexibility index (Phi) is 3.75. The van der Waals surface area contributed by atoms with Gasteiger partial charge in [0.1, 0.15) is 5.75 Å². The maximum Gasteiger partial charge on any atom is 0.231 e. The first-order chi connectivity index (χ1) is 9.28. The van der Waals surface area contributed by atoms with E-state index in [1.165, 1.54) is 19.3 Å². The highest BCUT2D eigenvalue weighted by atomic mass is 32.2. The Balaban J connectivity index is 1.67. The minimum Gasteiger partial charge on any atom is -0.507 e. The third-order valence-electron chi connectivity index (χ3n) is 3.88. The van der Waals surface area contributed by atoms with Gasteiger partial charge in [0.05, 0.1) is 0 Å². The van der Waals surface area contributed by atoms with Gasteiger partial charge in [0.25, 0.3) is 0 Å². The van der Waals surface area contributed by atoms with Gasteiger partial charge >= 0.3 is 0 Å². The summed E-state index contributed by atoms with van der Waals surface area (Å²) >= 11 is 1.93. The molecule has 1 aliphatic heterocycles. The van der Waals surface area contributed by atoms with E-state index in [1.54, 1.807) is 6.07 Å². The molecule has 104 valence electrons. The Labute approximate surface area is 117 Å². The molecule has 3 rings (SSSR count). The fourth-order valence-electron chi connectivity index (χ4n) is 2.80. The molecule has 0 spiro atoms. The Hall–Kier alpha value is -1.07. The third kappa shape index (κ3) is 2.62. The van der Waals surface area contributed by atoms with Crippen molar-refractivity contribution < 1.29 is 14.6 Å². The van der Waals surface area contributed by atoms with Crippen LogP contribution in [0.25, 0.3) is 0 Å². The van der Waals surface area contributed by atoms with Crippen molar-refractivity contribution in [3.05, 3.63) is 17.7 Å². The lowest BCUT2D eigenvalue weighted by Gasteiger charge is -2.19. The van der Waals surface area contributed by atoms with Crippen molar-refractivity contribution in [1.29, 1.82) is 0 Å². The van der Waals surface area contributed by atoms with Crippen LogP contribution in [0.1, 0.15) is 24.8 Å². The first kappa shape index (κ1) is 12.9. The molecule has 2 unspecified atom stereocenters. The topological polar surface area (TPSA) is 50.7 Å². The number of aromatic hydroxyl groups is 1. The molecule has 1 heterocycles. The zero-order chi connectivity index (χ0) is 13.2. The van der Waals surface area contributed by atoms with E-state index < -0.39 is 0 Å². The van der Waals surface area contributed by atoms with Crippen molar-refractivity contribution in [3.8, 4) is 17.2 Å². The zero-order valence-corrected chi connectivity index (χ0v) is 11.8. The molecule has 2 N–H and O–H groups in total. The number of rotatable bonds is 4. The van der Waals surface area contributed by atoms with E-state index in [9.17, 15) is 5.11 Å². The van der Waals surface area contributed by atoms with Crippen LogP contribution in [0.2, 0.25) is 0 Å². The molecule has 2 atom stereocenters. The highest BCUT2D eigenvalue weighted by molar-refractivity contribution is 7.99. The number of hydrogen-bond donors (Lipinski definition) is 2. The largest absolute Gasteiger partial charge is 0.507 e. The minimum absolute atomic E-state index is 0.239. The molecule has 1 fully saturated rings. The van der Waals surface area contributed by atoms with Crippen molar-refractivity contribution in [2.45, 2.75) is 37.1 Å². The monoisotopic (exact) mass is 281 g/mol. The molecular weight excluding hydrogens is 262 g/mol. The van der Waals surface area contributed by atoms with Crippen LogP contribution in [0, 0.1) is 0 Å². The predicted molar refractivity (Wildman–Crippen MR) is 76.0 cm³/mol. The second-order valence-corrected chi connectivity index (χ2v) is 6.10. The van der Waals surface area contributed by atoms with Crippen molar-refractivity contribution in [2.75, 3.05) is 13.0 Å². The number of phenolic OH excluding ortho intramolecular Hbond substituents is 1. The quantitative estimate of drug-likeness (QED) is 0.888. The lowest BCUT2D eigenvalue weighted by atomic mass is 10.1. The van der Waals surface area contributed by atoms with Gasteiger partial charge in [-0.1, -0.05) is 6.42 Å². The van der Waals surface area contributed by atoms with Crippen LogP contribution >= 0.6 is 11.8 Å². The first-order valence-electron chi connectivity index (χ1n) is 6.65. The van der Waals surface area contributed by atoms with Gasteiger partial charge in [-0.25, -0.2) is 0 Å². The van der Waals surface area contributed by atoms with Crippen LogP contribution < -0.4 is 14.8 Å². The van der Waals surface area contributed by atoms with Gasteiger partial charge in [-0.2, -0.15) is 11.8 Å². The summed E-state index contributed by atoms with van der Waals surface area (Å²) in [4.78, 5) is 0. The third-order valence-corrected chi connectivity index (χ3v) is 5.05. The molecule has 0 radical (unpaired) electrons. The highest BCUT2D eigenvalue weighted by Gasteiger charge is 2.26. The van der Waals surface area contributed by atoms with Gasteiger partial charge in [-0.05, 0) is 25.2 Å². The Bertz CT molecular complexity index is 466. The molecule has 2 aliphatic rings. The lowest BCUT2D eigenvalue weighted by Crippen LogP contribution is -2.33. The summed E-state index contributed by atoms with van der Waals surface area (Å²) in [5, 5.41) is 14.2. The number of hydrogen-bond acceptors (Lipinski definition) is 5. The average molecular weight is 281 g/mol. The van der Waals surface area contributed by atoms with E-state index in [1.807, 2.05) is 17.8 Å². The molecular formula is C14H19NO3S. The van der Waals surface area contributed by atoms with Gasteiger partial charge in [0, 0.05) is 29.5 Å². The molecule has 1 saturated carbocycles. The summed E-state index contributed by atoms with van der Waals surface area (Å²) in [7, 11) is 0. The Morgan fingerprint density at radius 1 is 1.32 bits per heavy atom. The fraction of sp³-hybridized carbons (Fsp3) is 0.571. The maximum atomic E-state index is 9.99. The Morgan fingerprint density at radius 2 is 2.11 bits per heavy atom. The second kappa shape index (κ2) is 5.51. The summed E-state index contributed by atoms with van der Waals surface area (Å²) < 4.78 is 10.6. The van der Waals surface area contributed by atoms with Crippen LogP contribution in [-0.4, -0.2) is 29.4 Å². The van der Waals surface area contributed by atoms with E-state index >= 15 is 0 Å². The molecule has 1 aromatic carbocycles. The number of ether oxygens (including phenoxy) is 2. The zero-order valence-electron chi connectivity index (χ0n) is 11.0. The molecule has 0 aromatic heterocycles. The molecule has 1 aliphatic carbocycles. The molecule has 0 saturated heterocycles. The summed E-state index contributed by atoms with van der Waals surface area (Å²) in [6.45, 7) is 0.910. The summed E-state index contributed by atoms with van der Waals surface area (Å²) in [6.07, 6.45) is 5.96. The van der Waals surface area contributed by atoms with E-state index in [-0.39, 0.29) is 12.5 Å². The van der Waals surface area contributed by atoms with Gasteiger partial charge < -0.3 is 19.9 Å². The predicted octanol–water partition coefficient (Wildman–Crippen LogP) is 2.49. The second-order valence-electron chi connectivity index (χ2n) is 5.03. The van der Waals surface area contributed by atoms with E-state index in [4.69, 9.17) is 9.47 Å². The number of fused-ring (bicyclic) bond motifs is 1. The molecule has 0 bridgehead atoms. The average Bonchev–Trinajstić information content (AvgIpc) is 3.03. The normalized spacial score (nSPS) is 24.9. The van der Waals surface area contributed by atoms with Crippen molar-refractivity contribution >= 4 is 11.8 Å². The molecule has 1 aromatic rings. The first-order valence-corrected chi connectivity index (χ1v) is 7.94. The number of thioether (sulfide) groups is 1. The molecule has 4 nitrogen and oxygen atoms in total. The van der Waals surface area contributed by atoms with Crippen LogP contribution in [0.4, 0.5) is 0 Å². The van der Waals surface area contributed by atoms with Crippen molar-refractivity contribution in [1.82, 2.24) is 5.32 Å². The van der Waals surface area contributed by atoms with Gasteiger partial charge in [-0.15, -0.1) is 0 Å². The lowest BCUT2D eigenvalue weighted by molar-refractivity contribution is 0.174. The van der Waals surface area contributed by atoms with Crippen LogP contribution in [0.15, 0.2) is 12.1 Å². The summed E-state index contributed by atoms with van der Waals surface area (Å²) in [5.41, 5.74) is 0.871. The summed E-state index contributed by atoms with van der Waals surface area (Å²) in [6, 6.07) is 4.05. The Morgan fingerprint density at radius 3 is 2.89 bits per heavy atom. The number of phenols is 1. The van der Waals surface area contributed by atoms with Gasteiger partial charge in [0.2, 0.25) is 6.79 Å². The van der Waals surface area contributed by atoms with Crippen molar-refractivity contribution in [3.63, 3.8) is 0 Å². The van der Waals surface area contributed by atoms with Gasteiger partial charge in [-0.3, -0.25) is 0 Å². The molecule has 5 heteroatoms. The van der Waals surface area contributed by atoms with Crippen molar-refractivity contribution in [2.24, 2.45) is 0 Å². The van der Waals surface area contributed by atoms with Crippen LogP contribution in [-0.2, 0) is 6.54 Å². The number of benzene rings is 1. The fourth-order valence-corrected chi connectivity index (χ4v) is 3.76. The van der Waals surface area contributed by atoms with Crippen LogP contribution in [0.5, 0.6) is 17.2 Å². The standard InChI is InChI=1S/C14H19NO3S/c1-19-14-4-2-3-10(14)15-7-9-5-12-13(6-11(9)16)18-8-17-12/h5-6,10,14-16H,2-4,7-8H2,1H3.